The minimum Gasteiger partial charge on any atom is -0.362 e. The van der Waals surface area contributed by atoms with Gasteiger partial charge < -0.3 is 16.0 Å². The predicted molar refractivity (Wildman–Crippen MR) is 61.3 cm³/mol. The van der Waals surface area contributed by atoms with Crippen molar-refractivity contribution in [1.82, 2.24) is 16.0 Å². The SMILES string of the molecule is CCC.CNC=O.CNC=O.CNC=O. The Hall–Kier alpha value is -1.59. The second kappa shape index (κ2) is 55.2. The number of carbonyl (C=O) groups is 3. The minimum absolute atomic E-state index is 0.625. The highest BCUT2D eigenvalue weighted by Gasteiger charge is 1.43. The molecule has 0 fully saturated rings. The minimum atomic E-state index is 0.625. The summed E-state index contributed by atoms with van der Waals surface area (Å²) in [6, 6.07) is 0. The van der Waals surface area contributed by atoms with E-state index in [4.69, 9.17) is 14.4 Å². The van der Waals surface area contributed by atoms with Crippen molar-refractivity contribution in [3.05, 3.63) is 0 Å². The first kappa shape index (κ1) is 23.3. The fourth-order valence-electron chi connectivity index (χ4n) is 0. The van der Waals surface area contributed by atoms with Gasteiger partial charge in [-0.15, -0.1) is 0 Å². The maximum atomic E-state index is 9.06. The van der Waals surface area contributed by atoms with Crippen molar-refractivity contribution in [3.63, 3.8) is 0 Å². The fourth-order valence-corrected chi connectivity index (χ4v) is 0. The molecule has 0 aliphatic rings. The van der Waals surface area contributed by atoms with Gasteiger partial charge in [0, 0.05) is 21.1 Å². The van der Waals surface area contributed by atoms with Gasteiger partial charge in [-0.1, -0.05) is 20.3 Å². The highest BCUT2D eigenvalue weighted by molar-refractivity contribution is 5.45. The Morgan fingerprint density at radius 2 is 0.800 bits per heavy atom. The molecule has 6 heteroatoms. The molecular formula is C9H23N3O3. The van der Waals surface area contributed by atoms with Crippen molar-refractivity contribution in [2.24, 2.45) is 0 Å². The molecule has 0 radical (unpaired) electrons. The van der Waals surface area contributed by atoms with Crippen molar-refractivity contribution in [2.75, 3.05) is 21.1 Å². The summed E-state index contributed by atoms with van der Waals surface area (Å²) in [6.07, 6.45) is 3.12. The van der Waals surface area contributed by atoms with E-state index in [1.54, 1.807) is 21.1 Å². The Morgan fingerprint density at radius 3 is 0.800 bits per heavy atom. The molecular weight excluding hydrogens is 198 g/mol. The van der Waals surface area contributed by atoms with E-state index in [0.29, 0.717) is 19.2 Å². The number of rotatable bonds is 3. The van der Waals surface area contributed by atoms with Gasteiger partial charge in [-0.05, 0) is 0 Å². The van der Waals surface area contributed by atoms with Crippen LogP contribution in [-0.2, 0) is 14.4 Å². The van der Waals surface area contributed by atoms with Crippen LogP contribution in [0.3, 0.4) is 0 Å². The Labute approximate surface area is 91.8 Å². The second-order valence-electron chi connectivity index (χ2n) is 1.93. The van der Waals surface area contributed by atoms with E-state index in [9.17, 15) is 0 Å². The molecule has 0 saturated heterocycles. The Morgan fingerprint density at radius 1 is 0.733 bits per heavy atom. The molecule has 0 aromatic carbocycles. The van der Waals surface area contributed by atoms with Crippen LogP contribution in [0.15, 0.2) is 0 Å². The standard InChI is InChI=1S/C3H8.3C2H5NO/c1-3-2;3*1-3-2-4/h3H2,1-2H3;3*2H,1H3,(H,3,4). The summed E-state index contributed by atoms with van der Waals surface area (Å²) in [5.74, 6) is 0. The maximum absolute atomic E-state index is 9.06. The second-order valence-corrected chi connectivity index (χ2v) is 1.93. The van der Waals surface area contributed by atoms with Crippen LogP contribution in [0.2, 0.25) is 0 Å². The number of hydrogen-bond donors (Lipinski definition) is 3. The van der Waals surface area contributed by atoms with Crippen molar-refractivity contribution in [2.45, 2.75) is 20.3 Å². The van der Waals surface area contributed by atoms with Crippen molar-refractivity contribution in [1.29, 1.82) is 0 Å². The number of carbonyl (C=O) groups excluding carboxylic acids is 3. The zero-order chi connectivity index (χ0) is 12.9. The first-order chi connectivity index (χ1) is 7.16. The molecule has 92 valence electrons. The average Bonchev–Trinajstić information content (AvgIpc) is 2.30. The van der Waals surface area contributed by atoms with E-state index < -0.39 is 0 Å². The van der Waals surface area contributed by atoms with Gasteiger partial charge in [-0.25, -0.2) is 0 Å². The van der Waals surface area contributed by atoms with Crippen LogP contribution in [-0.4, -0.2) is 40.4 Å². The van der Waals surface area contributed by atoms with Crippen LogP contribution < -0.4 is 16.0 Å². The maximum Gasteiger partial charge on any atom is 0.206 e. The largest absolute Gasteiger partial charge is 0.362 e. The van der Waals surface area contributed by atoms with Gasteiger partial charge in [0.25, 0.3) is 0 Å². The molecule has 6 nitrogen and oxygen atoms in total. The third kappa shape index (κ3) is 676. The number of nitrogens with one attached hydrogen (secondary N) is 3. The lowest BCUT2D eigenvalue weighted by molar-refractivity contribution is -0.109. The molecule has 0 atom stereocenters. The molecule has 0 heterocycles. The Balaban J connectivity index is -0.0000000542. The van der Waals surface area contributed by atoms with Gasteiger partial charge in [0.2, 0.25) is 19.2 Å². The third-order valence-electron chi connectivity index (χ3n) is 0.354. The number of amides is 3. The van der Waals surface area contributed by atoms with Gasteiger partial charge in [-0.2, -0.15) is 0 Å². The molecule has 15 heavy (non-hydrogen) atoms. The summed E-state index contributed by atoms with van der Waals surface area (Å²) in [5, 5.41) is 6.75. The lowest BCUT2D eigenvalue weighted by Crippen LogP contribution is -1.98. The van der Waals surface area contributed by atoms with E-state index >= 15 is 0 Å². The predicted octanol–water partition coefficient (Wildman–Crippen LogP) is -0.497. The highest BCUT2D eigenvalue weighted by atomic mass is 16.1. The fraction of sp³-hybridized carbons (Fsp3) is 0.667. The summed E-state index contributed by atoms with van der Waals surface area (Å²) < 4.78 is 0. The molecule has 0 unspecified atom stereocenters. The quantitative estimate of drug-likeness (QED) is 0.562. The highest BCUT2D eigenvalue weighted by Crippen LogP contribution is 1.56. The van der Waals surface area contributed by atoms with Crippen molar-refractivity contribution >= 4 is 19.2 Å². The summed E-state index contributed by atoms with van der Waals surface area (Å²) in [6.45, 7) is 4.25. The van der Waals surface area contributed by atoms with Gasteiger partial charge >= 0.3 is 0 Å². The van der Waals surface area contributed by atoms with E-state index in [1.807, 2.05) is 0 Å². The summed E-state index contributed by atoms with van der Waals surface area (Å²) in [4.78, 5) is 27.2. The van der Waals surface area contributed by atoms with Crippen LogP contribution in [0.5, 0.6) is 0 Å². The normalized spacial score (nSPS) is 5.40. The molecule has 0 aromatic heterocycles. The molecule has 0 aliphatic carbocycles. The molecule has 0 aromatic rings. The zero-order valence-corrected chi connectivity index (χ0v) is 10.2. The van der Waals surface area contributed by atoms with E-state index in [2.05, 4.69) is 29.8 Å². The molecule has 0 bridgehead atoms. The van der Waals surface area contributed by atoms with Gasteiger partial charge in [0.05, 0.1) is 0 Å². The first-order valence-electron chi connectivity index (χ1n) is 4.49. The summed E-state index contributed by atoms with van der Waals surface area (Å²) >= 11 is 0. The van der Waals surface area contributed by atoms with Gasteiger partial charge in [0.1, 0.15) is 0 Å². The lowest BCUT2D eigenvalue weighted by atomic mass is 10.6. The zero-order valence-electron chi connectivity index (χ0n) is 10.2. The molecule has 0 rings (SSSR count). The van der Waals surface area contributed by atoms with Gasteiger partial charge in [0.15, 0.2) is 0 Å². The third-order valence-corrected chi connectivity index (χ3v) is 0.354. The Bertz CT molecular complexity index is 91.8. The van der Waals surface area contributed by atoms with Crippen LogP contribution in [0.1, 0.15) is 20.3 Å². The topological polar surface area (TPSA) is 87.3 Å². The molecule has 0 saturated carbocycles. The molecule has 0 spiro atoms. The molecule has 0 aliphatic heterocycles. The monoisotopic (exact) mass is 221 g/mol. The summed E-state index contributed by atoms with van der Waals surface area (Å²) in [5.41, 5.74) is 0. The van der Waals surface area contributed by atoms with Crippen LogP contribution >= 0.6 is 0 Å². The number of hydrogen-bond acceptors (Lipinski definition) is 3. The Kier molecular flexibility index (Phi) is 85.8. The van der Waals surface area contributed by atoms with Crippen LogP contribution in [0, 0.1) is 0 Å². The molecule has 3 N–H and O–H groups in total. The van der Waals surface area contributed by atoms with Gasteiger partial charge in [-0.3, -0.25) is 14.4 Å². The summed E-state index contributed by atoms with van der Waals surface area (Å²) in [7, 11) is 4.69. The first-order valence-corrected chi connectivity index (χ1v) is 4.49. The lowest BCUT2D eigenvalue weighted by Gasteiger charge is -1.64. The van der Waals surface area contributed by atoms with E-state index in [1.165, 1.54) is 6.42 Å². The van der Waals surface area contributed by atoms with E-state index in [0.717, 1.165) is 0 Å². The van der Waals surface area contributed by atoms with Crippen LogP contribution in [0.25, 0.3) is 0 Å². The van der Waals surface area contributed by atoms with Crippen LogP contribution in [0.4, 0.5) is 0 Å². The van der Waals surface area contributed by atoms with Crippen molar-refractivity contribution in [3.8, 4) is 0 Å². The van der Waals surface area contributed by atoms with E-state index in [-0.39, 0.29) is 0 Å². The smallest absolute Gasteiger partial charge is 0.206 e. The van der Waals surface area contributed by atoms with Crippen molar-refractivity contribution < 1.29 is 14.4 Å². The molecule has 3 amide bonds. The average molecular weight is 221 g/mol.